The predicted octanol–water partition coefficient (Wildman–Crippen LogP) is 3.01. The molecule has 0 fully saturated rings. The predicted molar refractivity (Wildman–Crippen MR) is 86.5 cm³/mol. The standard InChI is InChI=1S/C17H18N4O/c1-11(2)9-19-17(22)16-14-8-12(5-6-15(14)20-21-16)13-4-3-7-18-10-13/h3-8,10-11H,9H2,1-2H3,(H,19,22)(H,20,21). The zero-order valence-electron chi connectivity index (χ0n) is 12.6. The van der Waals surface area contributed by atoms with Crippen LogP contribution in [0.2, 0.25) is 0 Å². The molecular weight excluding hydrogens is 276 g/mol. The first-order chi connectivity index (χ1) is 10.6. The molecule has 1 amide bonds. The van der Waals surface area contributed by atoms with Gasteiger partial charge in [0.25, 0.3) is 5.91 Å². The second kappa shape index (κ2) is 5.97. The molecule has 0 atom stereocenters. The third-order valence-corrected chi connectivity index (χ3v) is 3.44. The van der Waals surface area contributed by atoms with E-state index in [0.29, 0.717) is 18.2 Å². The number of benzene rings is 1. The maximum Gasteiger partial charge on any atom is 0.272 e. The van der Waals surface area contributed by atoms with E-state index >= 15 is 0 Å². The highest BCUT2D eigenvalue weighted by molar-refractivity contribution is 6.05. The Bertz CT molecular complexity index is 793. The van der Waals surface area contributed by atoms with Gasteiger partial charge in [-0.1, -0.05) is 26.0 Å². The van der Waals surface area contributed by atoms with Crippen molar-refractivity contribution in [3.63, 3.8) is 0 Å². The molecular formula is C17H18N4O. The molecule has 22 heavy (non-hydrogen) atoms. The van der Waals surface area contributed by atoms with Crippen molar-refractivity contribution in [1.82, 2.24) is 20.5 Å². The average molecular weight is 294 g/mol. The highest BCUT2D eigenvalue weighted by Gasteiger charge is 2.14. The Kier molecular flexibility index (Phi) is 3.87. The Hall–Kier alpha value is -2.69. The van der Waals surface area contributed by atoms with Crippen molar-refractivity contribution in [3.8, 4) is 11.1 Å². The van der Waals surface area contributed by atoms with E-state index in [1.165, 1.54) is 0 Å². The number of fused-ring (bicyclic) bond motifs is 1. The van der Waals surface area contributed by atoms with Gasteiger partial charge >= 0.3 is 0 Å². The van der Waals surface area contributed by atoms with Gasteiger partial charge in [0, 0.05) is 29.9 Å². The van der Waals surface area contributed by atoms with Gasteiger partial charge in [-0.05, 0) is 29.7 Å². The second-order valence-electron chi connectivity index (χ2n) is 5.68. The molecule has 0 unspecified atom stereocenters. The largest absolute Gasteiger partial charge is 0.350 e. The molecule has 0 radical (unpaired) electrons. The number of nitrogens with one attached hydrogen (secondary N) is 2. The molecule has 0 bridgehead atoms. The Morgan fingerprint density at radius 3 is 2.86 bits per heavy atom. The summed E-state index contributed by atoms with van der Waals surface area (Å²) in [5, 5.41) is 10.8. The molecule has 5 nitrogen and oxygen atoms in total. The number of carbonyl (C=O) groups excluding carboxylic acids is 1. The summed E-state index contributed by atoms with van der Waals surface area (Å²) in [4.78, 5) is 16.4. The quantitative estimate of drug-likeness (QED) is 0.777. The third kappa shape index (κ3) is 2.83. The number of nitrogens with zero attached hydrogens (tertiary/aromatic N) is 2. The summed E-state index contributed by atoms with van der Waals surface area (Å²) in [5.74, 6) is 0.253. The minimum Gasteiger partial charge on any atom is -0.350 e. The smallest absolute Gasteiger partial charge is 0.272 e. The summed E-state index contributed by atoms with van der Waals surface area (Å²) < 4.78 is 0. The van der Waals surface area contributed by atoms with Crippen LogP contribution < -0.4 is 5.32 Å². The van der Waals surface area contributed by atoms with E-state index in [1.54, 1.807) is 12.4 Å². The van der Waals surface area contributed by atoms with Gasteiger partial charge in [0.1, 0.15) is 0 Å². The fourth-order valence-electron chi connectivity index (χ4n) is 2.28. The Morgan fingerprint density at radius 2 is 2.14 bits per heavy atom. The van der Waals surface area contributed by atoms with Crippen LogP contribution in [0.4, 0.5) is 0 Å². The molecule has 0 aliphatic carbocycles. The van der Waals surface area contributed by atoms with Crippen LogP contribution in [0.15, 0.2) is 42.7 Å². The summed E-state index contributed by atoms with van der Waals surface area (Å²) in [7, 11) is 0. The fraction of sp³-hybridized carbons (Fsp3) is 0.235. The normalized spacial score (nSPS) is 11.0. The summed E-state index contributed by atoms with van der Waals surface area (Å²) in [5.41, 5.74) is 3.31. The topological polar surface area (TPSA) is 70.7 Å². The van der Waals surface area contributed by atoms with Crippen molar-refractivity contribution in [2.45, 2.75) is 13.8 Å². The van der Waals surface area contributed by atoms with Gasteiger partial charge in [0.2, 0.25) is 0 Å². The van der Waals surface area contributed by atoms with Gasteiger partial charge in [-0.15, -0.1) is 0 Å². The number of rotatable bonds is 4. The lowest BCUT2D eigenvalue weighted by atomic mass is 10.0. The van der Waals surface area contributed by atoms with E-state index in [9.17, 15) is 4.79 Å². The van der Waals surface area contributed by atoms with Crippen molar-refractivity contribution < 1.29 is 4.79 Å². The molecule has 3 aromatic rings. The zero-order valence-corrected chi connectivity index (χ0v) is 12.6. The SMILES string of the molecule is CC(C)CNC(=O)c1n[nH]c2ccc(-c3cccnc3)cc12. The molecule has 0 saturated carbocycles. The van der Waals surface area contributed by atoms with E-state index < -0.39 is 0 Å². The van der Waals surface area contributed by atoms with Crippen LogP contribution in [-0.2, 0) is 0 Å². The monoisotopic (exact) mass is 294 g/mol. The molecule has 0 saturated heterocycles. The molecule has 0 aliphatic heterocycles. The highest BCUT2D eigenvalue weighted by Crippen LogP contribution is 2.24. The van der Waals surface area contributed by atoms with Crippen LogP contribution in [0.25, 0.3) is 22.0 Å². The van der Waals surface area contributed by atoms with Crippen molar-refractivity contribution in [1.29, 1.82) is 0 Å². The highest BCUT2D eigenvalue weighted by atomic mass is 16.1. The van der Waals surface area contributed by atoms with Crippen LogP contribution in [-0.4, -0.2) is 27.6 Å². The number of aromatic nitrogens is 3. The lowest BCUT2D eigenvalue weighted by Gasteiger charge is -2.06. The average Bonchev–Trinajstić information content (AvgIpc) is 2.96. The fourth-order valence-corrected chi connectivity index (χ4v) is 2.28. The van der Waals surface area contributed by atoms with Gasteiger partial charge in [0.15, 0.2) is 5.69 Å². The lowest BCUT2D eigenvalue weighted by Crippen LogP contribution is -2.27. The minimum atomic E-state index is -0.150. The Balaban J connectivity index is 1.97. The van der Waals surface area contributed by atoms with Gasteiger partial charge in [-0.2, -0.15) is 5.10 Å². The van der Waals surface area contributed by atoms with Crippen LogP contribution in [0.1, 0.15) is 24.3 Å². The van der Waals surface area contributed by atoms with Crippen LogP contribution in [0.3, 0.4) is 0 Å². The molecule has 2 N–H and O–H groups in total. The van der Waals surface area contributed by atoms with Gasteiger partial charge < -0.3 is 5.32 Å². The summed E-state index contributed by atoms with van der Waals surface area (Å²) in [6.45, 7) is 4.75. The van der Waals surface area contributed by atoms with Gasteiger partial charge in [-0.3, -0.25) is 14.9 Å². The van der Waals surface area contributed by atoms with E-state index in [4.69, 9.17) is 0 Å². The van der Waals surface area contributed by atoms with Crippen molar-refractivity contribution in [2.75, 3.05) is 6.54 Å². The van der Waals surface area contributed by atoms with E-state index in [-0.39, 0.29) is 5.91 Å². The Labute approximate surface area is 128 Å². The molecule has 5 heteroatoms. The second-order valence-corrected chi connectivity index (χ2v) is 5.68. The number of amides is 1. The van der Waals surface area contributed by atoms with Crippen molar-refractivity contribution in [3.05, 3.63) is 48.4 Å². The minimum absolute atomic E-state index is 0.150. The molecule has 2 heterocycles. The van der Waals surface area contributed by atoms with E-state index in [1.807, 2.05) is 30.3 Å². The molecule has 3 rings (SSSR count). The number of hydrogen-bond donors (Lipinski definition) is 2. The maximum absolute atomic E-state index is 12.3. The lowest BCUT2D eigenvalue weighted by molar-refractivity contribution is 0.0945. The van der Waals surface area contributed by atoms with Gasteiger partial charge in [0.05, 0.1) is 5.52 Å². The summed E-state index contributed by atoms with van der Waals surface area (Å²) >= 11 is 0. The van der Waals surface area contributed by atoms with Crippen LogP contribution >= 0.6 is 0 Å². The van der Waals surface area contributed by atoms with Crippen molar-refractivity contribution in [2.24, 2.45) is 5.92 Å². The number of pyridine rings is 1. The van der Waals surface area contributed by atoms with E-state index in [0.717, 1.165) is 22.0 Å². The first kappa shape index (κ1) is 14.3. The zero-order chi connectivity index (χ0) is 15.5. The molecule has 1 aromatic carbocycles. The molecule has 2 aromatic heterocycles. The van der Waals surface area contributed by atoms with E-state index in [2.05, 4.69) is 34.3 Å². The number of carbonyl (C=O) groups is 1. The summed E-state index contributed by atoms with van der Waals surface area (Å²) in [6, 6.07) is 9.79. The first-order valence-corrected chi connectivity index (χ1v) is 7.32. The Morgan fingerprint density at radius 1 is 1.27 bits per heavy atom. The van der Waals surface area contributed by atoms with Crippen LogP contribution in [0.5, 0.6) is 0 Å². The third-order valence-electron chi connectivity index (χ3n) is 3.44. The van der Waals surface area contributed by atoms with Crippen molar-refractivity contribution >= 4 is 16.8 Å². The molecule has 0 aliphatic rings. The molecule has 0 spiro atoms. The van der Waals surface area contributed by atoms with Gasteiger partial charge in [-0.25, -0.2) is 0 Å². The number of hydrogen-bond acceptors (Lipinski definition) is 3. The first-order valence-electron chi connectivity index (χ1n) is 7.32. The number of aromatic amines is 1. The summed E-state index contributed by atoms with van der Waals surface area (Å²) in [6.07, 6.45) is 3.55. The van der Waals surface area contributed by atoms with Crippen LogP contribution in [0, 0.1) is 5.92 Å². The maximum atomic E-state index is 12.3. The molecule has 112 valence electrons. The number of H-pyrrole nitrogens is 1.